The Morgan fingerprint density at radius 1 is 1.10 bits per heavy atom. The molecule has 0 bridgehead atoms. The summed E-state index contributed by atoms with van der Waals surface area (Å²) in [5.41, 5.74) is 7.33. The van der Waals surface area contributed by atoms with Crippen LogP contribution in [0.25, 0.3) is 11.8 Å². The number of amides is 1. The number of anilines is 1. The van der Waals surface area contributed by atoms with Gasteiger partial charge in [-0.15, -0.1) is 0 Å². The monoisotopic (exact) mass is 383 g/mol. The van der Waals surface area contributed by atoms with Crippen LogP contribution in [-0.2, 0) is 11.2 Å². The molecule has 29 heavy (non-hydrogen) atoms. The molecule has 0 radical (unpaired) electrons. The molecule has 3 rings (SSSR count). The van der Waals surface area contributed by atoms with E-state index in [9.17, 15) is 10.1 Å². The minimum Gasteiger partial charge on any atom is -0.321 e. The lowest BCUT2D eigenvalue weighted by Crippen LogP contribution is -2.13. The van der Waals surface area contributed by atoms with Gasteiger partial charge < -0.3 is 9.88 Å². The fourth-order valence-corrected chi connectivity index (χ4v) is 3.63. The molecule has 0 aliphatic carbocycles. The number of nitrogens with one attached hydrogen (secondary N) is 1. The van der Waals surface area contributed by atoms with Gasteiger partial charge in [-0.3, -0.25) is 4.79 Å². The molecular formula is C25H25N3O. The van der Waals surface area contributed by atoms with E-state index in [0.29, 0.717) is 5.69 Å². The number of carbonyl (C=O) groups is 1. The molecule has 146 valence electrons. The number of aromatic nitrogens is 1. The van der Waals surface area contributed by atoms with Crippen molar-refractivity contribution >= 4 is 17.7 Å². The third kappa shape index (κ3) is 4.14. The van der Waals surface area contributed by atoms with E-state index in [1.165, 1.54) is 16.8 Å². The van der Waals surface area contributed by atoms with Crippen LogP contribution in [0.5, 0.6) is 0 Å². The molecule has 0 aliphatic rings. The van der Waals surface area contributed by atoms with E-state index in [0.717, 1.165) is 23.4 Å². The molecule has 1 aromatic heterocycles. The molecule has 0 fully saturated rings. The number of benzene rings is 2. The minimum absolute atomic E-state index is 0.0783. The zero-order valence-electron chi connectivity index (χ0n) is 17.3. The predicted molar refractivity (Wildman–Crippen MR) is 118 cm³/mol. The summed E-state index contributed by atoms with van der Waals surface area (Å²) in [6, 6.07) is 19.5. The quantitative estimate of drug-likeness (QED) is 0.466. The Morgan fingerprint density at radius 2 is 1.83 bits per heavy atom. The van der Waals surface area contributed by atoms with Crippen LogP contribution in [0.1, 0.15) is 35.0 Å². The summed E-state index contributed by atoms with van der Waals surface area (Å²) >= 11 is 0. The molecule has 3 aromatic rings. The second-order valence-electron chi connectivity index (χ2n) is 7.09. The Hall–Kier alpha value is -3.58. The Labute approximate surface area is 172 Å². The number of para-hydroxylation sites is 2. The second kappa shape index (κ2) is 8.62. The number of hydrogen-bond donors (Lipinski definition) is 1. The average Bonchev–Trinajstić information content (AvgIpc) is 2.99. The third-order valence-electron chi connectivity index (χ3n) is 5.09. The van der Waals surface area contributed by atoms with Crippen molar-refractivity contribution in [3.05, 3.63) is 88.2 Å². The van der Waals surface area contributed by atoms with Crippen LogP contribution < -0.4 is 5.32 Å². The summed E-state index contributed by atoms with van der Waals surface area (Å²) in [5, 5.41) is 12.3. The molecule has 0 saturated carbocycles. The van der Waals surface area contributed by atoms with Crippen LogP contribution in [-0.4, -0.2) is 10.5 Å². The maximum atomic E-state index is 12.6. The summed E-state index contributed by atoms with van der Waals surface area (Å²) in [6.45, 7) is 8.33. The first-order chi connectivity index (χ1) is 14.0. The van der Waals surface area contributed by atoms with Gasteiger partial charge in [0, 0.05) is 17.1 Å². The third-order valence-corrected chi connectivity index (χ3v) is 5.09. The van der Waals surface area contributed by atoms with E-state index in [1.807, 2.05) is 44.2 Å². The molecule has 1 amide bonds. The van der Waals surface area contributed by atoms with Crippen molar-refractivity contribution in [1.29, 1.82) is 5.26 Å². The van der Waals surface area contributed by atoms with Gasteiger partial charge in [0.1, 0.15) is 11.6 Å². The highest BCUT2D eigenvalue weighted by Crippen LogP contribution is 2.28. The lowest BCUT2D eigenvalue weighted by molar-refractivity contribution is -0.112. The van der Waals surface area contributed by atoms with Crippen LogP contribution in [0, 0.1) is 32.1 Å². The van der Waals surface area contributed by atoms with Gasteiger partial charge >= 0.3 is 0 Å². The molecule has 4 heteroatoms. The smallest absolute Gasteiger partial charge is 0.266 e. The standard InChI is InChI=1S/C25H25N3O/c1-5-20-11-9-10-17(2)24(20)28-18(3)14-21(19(28)4)15-22(16-26)25(29)27-23-12-7-6-8-13-23/h6-15H,5H2,1-4H3,(H,27,29)/b22-15+. The average molecular weight is 383 g/mol. The molecule has 0 aliphatic heterocycles. The number of hydrogen-bond acceptors (Lipinski definition) is 2. The van der Waals surface area contributed by atoms with E-state index in [-0.39, 0.29) is 5.57 Å². The Bertz CT molecular complexity index is 1110. The minimum atomic E-state index is -0.409. The molecule has 1 N–H and O–H groups in total. The lowest BCUT2D eigenvalue weighted by Gasteiger charge is -2.17. The molecule has 0 spiro atoms. The molecule has 0 saturated heterocycles. The van der Waals surface area contributed by atoms with Crippen molar-refractivity contribution in [1.82, 2.24) is 4.57 Å². The predicted octanol–water partition coefficient (Wildman–Crippen LogP) is 5.51. The van der Waals surface area contributed by atoms with Gasteiger partial charge in [0.05, 0.1) is 5.69 Å². The van der Waals surface area contributed by atoms with Crippen molar-refractivity contribution in [2.45, 2.75) is 34.1 Å². The van der Waals surface area contributed by atoms with Gasteiger partial charge in [0.15, 0.2) is 0 Å². The van der Waals surface area contributed by atoms with E-state index < -0.39 is 5.91 Å². The van der Waals surface area contributed by atoms with Crippen molar-refractivity contribution in [3.8, 4) is 11.8 Å². The van der Waals surface area contributed by atoms with Gasteiger partial charge in [-0.1, -0.05) is 43.3 Å². The zero-order chi connectivity index (χ0) is 21.0. The zero-order valence-corrected chi connectivity index (χ0v) is 17.3. The summed E-state index contributed by atoms with van der Waals surface area (Å²) in [7, 11) is 0. The molecule has 0 atom stereocenters. The van der Waals surface area contributed by atoms with E-state index in [2.05, 4.69) is 41.9 Å². The van der Waals surface area contributed by atoms with Gasteiger partial charge in [0.2, 0.25) is 0 Å². The van der Waals surface area contributed by atoms with E-state index in [4.69, 9.17) is 0 Å². The summed E-state index contributed by atoms with van der Waals surface area (Å²) < 4.78 is 2.21. The van der Waals surface area contributed by atoms with Crippen LogP contribution in [0.4, 0.5) is 5.69 Å². The largest absolute Gasteiger partial charge is 0.321 e. The van der Waals surface area contributed by atoms with Crippen molar-refractivity contribution in [2.24, 2.45) is 0 Å². The number of nitrogens with zero attached hydrogens (tertiary/aromatic N) is 2. The maximum absolute atomic E-state index is 12.6. The number of carbonyl (C=O) groups excluding carboxylic acids is 1. The highest BCUT2D eigenvalue weighted by molar-refractivity contribution is 6.09. The van der Waals surface area contributed by atoms with Crippen LogP contribution in [0.15, 0.2) is 60.2 Å². The van der Waals surface area contributed by atoms with Gasteiger partial charge in [-0.25, -0.2) is 0 Å². The topological polar surface area (TPSA) is 57.8 Å². The number of nitriles is 1. The number of aryl methyl sites for hydroxylation is 3. The van der Waals surface area contributed by atoms with Crippen LogP contribution in [0.2, 0.25) is 0 Å². The second-order valence-corrected chi connectivity index (χ2v) is 7.09. The van der Waals surface area contributed by atoms with Crippen molar-refractivity contribution < 1.29 is 4.79 Å². The van der Waals surface area contributed by atoms with Crippen molar-refractivity contribution in [2.75, 3.05) is 5.32 Å². The van der Waals surface area contributed by atoms with E-state index >= 15 is 0 Å². The van der Waals surface area contributed by atoms with Crippen LogP contribution >= 0.6 is 0 Å². The normalized spacial score (nSPS) is 11.2. The SMILES string of the molecule is CCc1cccc(C)c1-n1c(C)cc(/C=C(\C#N)C(=O)Nc2ccccc2)c1C. The first-order valence-electron chi connectivity index (χ1n) is 9.72. The Morgan fingerprint density at radius 3 is 2.48 bits per heavy atom. The van der Waals surface area contributed by atoms with Gasteiger partial charge in [-0.2, -0.15) is 5.26 Å². The Kier molecular flexibility index (Phi) is 5.99. The summed E-state index contributed by atoms with van der Waals surface area (Å²) in [6.07, 6.45) is 2.60. The fraction of sp³-hybridized carbons (Fsp3) is 0.200. The van der Waals surface area contributed by atoms with Gasteiger partial charge in [0.25, 0.3) is 5.91 Å². The van der Waals surface area contributed by atoms with Gasteiger partial charge in [-0.05, 0) is 68.2 Å². The van der Waals surface area contributed by atoms with E-state index in [1.54, 1.807) is 18.2 Å². The molecule has 0 unspecified atom stereocenters. The summed E-state index contributed by atoms with van der Waals surface area (Å²) in [5.74, 6) is -0.409. The fourth-order valence-electron chi connectivity index (χ4n) is 3.63. The highest BCUT2D eigenvalue weighted by atomic mass is 16.1. The maximum Gasteiger partial charge on any atom is 0.266 e. The molecule has 2 aromatic carbocycles. The first-order valence-corrected chi connectivity index (χ1v) is 9.72. The number of rotatable bonds is 5. The van der Waals surface area contributed by atoms with Crippen LogP contribution in [0.3, 0.4) is 0 Å². The molecule has 4 nitrogen and oxygen atoms in total. The molecular weight excluding hydrogens is 358 g/mol. The first kappa shape index (κ1) is 20.2. The summed E-state index contributed by atoms with van der Waals surface area (Å²) in [4.78, 5) is 12.6. The molecule has 1 heterocycles. The lowest BCUT2D eigenvalue weighted by atomic mass is 10.1. The Balaban J connectivity index is 2.02. The highest BCUT2D eigenvalue weighted by Gasteiger charge is 2.16. The van der Waals surface area contributed by atoms with Crippen molar-refractivity contribution in [3.63, 3.8) is 0 Å².